The number of allylic oxidation sites excluding steroid dienone is 2. The second-order valence-electron chi connectivity index (χ2n) is 7.04. The summed E-state index contributed by atoms with van der Waals surface area (Å²) in [4.78, 5) is 12.3. The van der Waals surface area contributed by atoms with Crippen molar-refractivity contribution in [2.45, 2.75) is 13.5 Å². The average molecular weight is 397 g/mol. The van der Waals surface area contributed by atoms with Crippen molar-refractivity contribution < 1.29 is 14.6 Å². The molecular weight excluding hydrogens is 374 g/mol. The molecule has 150 valence electrons. The highest BCUT2D eigenvalue weighted by molar-refractivity contribution is 6.09. The number of ether oxygens (including phenoxy) is 1. The third-order valence-electron chi connectivity index (χ3n) is 5.20. The number of hydrogen-bond acceptors (Lipinski definition) is 3. The zero-order valence-corrected chi connectivity index (χ0v) is 17.0. The van der Waals surface area contributed by atoms with Crippen molar-refractivity contribution in [1.82, 2.24) is 4.57 Å². The minimum atomic E-state index is -0.113. The molecule has 30 heavy (non-hydrogen) atoms. The quantitative estimate of drug-likeness (QED) is 0.417. The molecule has 1 N–H and O–H groups in total. The number of aromatic hydroxyl groups is 1. The molecule has 0 saturated heterocycles. The third kappa shape index (κ3) is 3.72. The van der Waals surface area contributed by atoms with Crippen LogP contribution in [-0.2, 0) is 11.3 Å². The third-order valence-corrected chi connectivity index (χ3v) is 5.20. The smallest absolute Gasteiger partial charge is 0.178 e. The number of hydrogen-bond donors (Lipinski definition) is 1. The van der Waals surface area contributed by atoms with E-state index in [4.69, 9.17) is 4.74 Å². The van der Waals surface area contributed by atoms with E-state index in [0.717, 1.165) is 17.7 Å². The first-order valence-electron chi connectivity index (χ1n) is 9.89. The minimum absolute atomic E-state index is 0.0701. The number of nitrogens with zero attached hydrogens (tertiary/aromatic N) is 1. The van der Waals surface area contributed by atoms with Crippen LogP contribution in [0.4, 0.5) is 0 Å². The van der Waals surface area contributed by atoms with Gasteiger partial charge >= 0.3 is 0 Å². The number of aryl methyl sites for hydroxylation is 1. The van der Waals surface area contributed by atoms with E-state index in [9.17, 15) is 9.90 Å². The van der Waals surface area contributed by atoms with Gasteiger partial charge in [0, 0.05) is 28.4 Å². The number of rotatable bonds is 6. The van der Waals surface area contributed by atoms with Gasteiger partial charge in [0.15, 0.2) is 17.3 Å². The van der Waals surface area contributed by atoms with Crippen LogP contribution >= 0.6 is 0 Å². The van der Waals surface area contributed by atoms with E-state index in [2.05, 4.69) is 47.9 Å². The van der Waals surface area contributed by atoms with Crippen LogP contribution in [0.15, 0.2) is 72.8 Å². The number of ketones is 1. The first-order chi connectivity index (χ1) is 14.6. The lowest BCUT2D eigenvalue weighted by atomic mass is 10.1. The molecule has 0 radical (unpaired) electrons. The second-order valence-corrected chi connectivity index (χ2v) is 7.04. The SMILES string of the molecule is CCn1c2ccccc2c2cc(C=CC(=O)C=Cc3ccc(O)c(OC)c3)ccc21. The number of fused-ring (bicyclic) bond motifs is 3. The summed E-state index contributed by atoms with van der Waals surface area (Å²) < 4.78 is 7.39. The fourth-order valence-corrected chi connectivity index (χ4v) is 3.73. The van der Waals surface area contributed by atoms with Gasteiger partial charge < -0.3 is 14.4 Å². The summed E-state index contributed by atoms with van der Waals surface area (Å²) >= 11 is 0. The number of phenolic OH excluding ortho intramolecular Hbond substituents is 1. The first kappa shape index (κ1) is 19.5. The Hall–Kier alpha value is -3.79. The molecule has 0 unspecified atom stereocenters. The van der Waals surface area contributed by atoms with Gasteiger partial charge in [-0.3, -0.25) is 4.79 Å². The molecule has 0 fully saturated rings. The molecule has 4 rings (SSSR count). The van der Waals surface area contributed by atoms with Crippen LogP contribution in [0.1, 0.15) is 18.1 Å². The lowest BCUT2D eigenvalue weighted by Crippen LogP contribution is -1.92. The van der Waals surface area contributed by atoms with Gasteiger partial charge in [-0.2, -0.15) is 0 Å². The van der Waals surface area contributed by atoms with Gasteiger partial charge in [0.1, 0.15) is 0 Å². The molecule has 0 amide bonds. The Labute approximate surface area is 175 Å². The molecule has 0 aliphatic carbocycles. The predicted molar refractivity (Wildman–Crippen MR) is 123 cm³/mol. The van der Waals surface area contributed by atoms with Crippen LogP contribution in [0.25, 0.3) is 34.0 Å². The largest absolute Gasteiger partial charge is 0.504 e. The Kier molecular flexibility index (Phi) is 5.40. The highest BCUT2D eigenvalue weighted by Gasteiger charge is 2.09. The summed E-state index contributed by atoms with van der Waals surface area (Å²) in [5.74, 6) is 0.332. The fourth-order valence-electron chi connectivity index (χ4n) is 3.73. The molecular formula is C26H23NO3. The van der Waals surface area contributed by atoms with Gasteiger partial charge in [0.25, 0.3) is 0 Å². The van der Waals surface area contributed by atoms with Crippen molar-refractivity contribution >= 4 is 39.7 Å². The zero-order chi connectivity index (χ0) is 21.1. The van der Waals surface area contributed by atoms with E-state index < -0.39 is 0 Å². The Morgan fingerprint density at radius 2 is 1.60 bits per heavy atom. The van der Waals surface area contributed by atoms with Gasteiger partial charge in [-0.25, -0.2) is 0 Å². The molecule has 0 saturated carbocycles. The Morgan fingerprint density at radius 1 is 0.933 bits per heavy atom. The number of aromatic nitrogens is 1. The number of benzene rings is 3. The molecule has 1 aromatic heterocycles. The van der Waals surface area contributed by atoms with Crippen molar-refractivity contribution in [3.05, 3.63) is 83.9 Å². The molecule has 4 nitrogen and oxygen atoms in total. The Bertz CT molecular complexity index is 1290. The van der Waals surface area contributed by atoms with E-state index in [-0.39, 0.29) is 11.5 Å². The summed E-state index contributed by atoms with van der Waals surface area (Å²) in [6, 6.07) is 19.6. The second kappa shape index (κ2) is 8.29. The topological polar surface area (TPSA) is 51.5 Å². The van der Waals surface area contributed by atoms with Crippen LogP contribution in [0.5, 0.6) is 11.5 Å². The minimum Gasteiger partial charge on any atom is -0.504 e. The van der Waals surface area contributed by atoms with Gasteiger partial charge in [-0.15, -0.1) is 0 Å². The predicted octanol–water partition coefficient (Wildman–Crippen LogP) is 5.82. The zero-order valence-electron chi connectivity index (χ0n) is 17.0. The Balaban J connectivity index is 1.58. The number of para-hydroxylation sites is 1. The number of methoxy groups -OCH3 is 1. The van der Waals surface area contributed by atoms with E-state index >= 15 is 0 Å². The normalized spacial score (nSPS) is 11.8. The maximum Gasteiger partial charge on any atom is 0.178 e. The lowest BCUT2D eigenvalue weighted by molar-refractivity contribution is -0.110. The van der Waals surface area contributed by atoms with Crippen molar-refractivity contribution in [2.24, 2.45) is 0 Å². The van der Waals surface area contributed by atoms with E-state index in [1.807, 2.05) is 12.1 Å². The van der Waals surface area contributed by atoms with Crippen LogP contribution in [0, 0.1) is 0 Å². The molecule has 0 atom stereocenters. The molecule has 0 spiro atoms. The number of carbonyl (C=O) groups is 1. The maximum absolute atomic E-state index is 12.3. The monoisotopic (exact) mass is 397 g/mol. The summed E-state index contributed by atoms with van der Waals surface area (Å²) in [5, 5.41) is 12.1. The fraction of sp³-hybridized carbons (Fsp3) is 0.115. The van der Waals surface area contributed by atoms with Crippen molar-refractivity contribution in [1.29, 1.82) is 0 Å². The van der Waals surface area contributed by atoms with Crippen LogP contribution in [0.3, 0.4) is 0 Å². The van der Waals surface area contributed by atoms with Crippen molar-refractivity contribution in [2.75, 3.05) is 7.11 Å². The highest BCUT2D eigenvalue weighted by atomic mass is 16.5. The van der Waals surface area contributed by atoms with E-state index in [1.54, 1.807) is 30.4 Å². The molecule has 4 aromatic rings. The molecule has 0 aliphatic rings. The highest BCUT2D eigenvalue weighted by Crippen LogP contribution is 2.30. The van der Waals surface area contributed by atoms with Crippen molar-refractivity contribution in [3.63, 3.8) is 0 Å². The van der Waals surface area contributed by atoms with Gasteiger partial charge in [-0.05, 0) is 60.5 Å². The summed E-state index contributed by atoms with van der Waals surface area (Å²) in [7, 11) is 1.49. The summed E-state index contributed by atoms with van der Waals surface area (Å²) in [6.07, 6.45) is 6.60. The number of carbonyl (C=O) groups excluding carboxylic acids is 1. The molecule has 4 heteroatoms. The lowest BCUT2D eigenvalue weighted by Gasteiger charge is -2.03. The Morgan fingerprint density at radius 3 is 2.33 bits per heavy atom. The molecule has 0 aliphatic heterocycles. The first-order valence-corrected chi connectivity index (χ1v) is 9.89. The maximum atomic E-state index is 12.3. The summed E-state index contributed by atoms with van der Waals surface area (Å²) in [6.45, 7) is 3.05. The standard InChI is InChI=1S/C26H23NO3/c1-3-27-23-7-5-4-6-21(23)22-16-18(10-14-24(22)27)8-12-20(28)13-9-19-11-15-25(29)26(17-19)30-2/h4-17,29H,3H2,1-2H3. The number of phenols is 1. The van der Waals surface area contributed by atoms with E-state index in [0.29, 0.717) is 5.75 Å². The molecule has 1 heterocycles. The van der Waals surface area contributed by atoms with Crippen LogP contribution in [-0.4, -0.2) is 22.6 Å². The van der Waals surface area contributed by atoms with Crippen LogP contribution < -0.4 is 4.74 Å². The molecule has 0 bridgehead atoms. The molecule has 3 aromatic carbocycles. The average Bonchev–Trinajstić information content (AvgIpc) is 3.10. The van der Waals surface area contributed by atoms with E-state index in [1.165, 1.54) is 35.0 Å². The summed E-state index contributed by atoms with van der Waals surface area (Å²) in [5.41, 5.74) is 4.18. The van der Waals surface area contributed by atoms with Crippen LogP contribution in [0.2, 0.25) is 0 Å². The van der Waals surface area contributed by atoms with Gasteiger partial charge in [0.2, 0.25) is 0 Å². The van der Waals surface area contributed by atoms with Gasteiger partial charge in [0.05, 0.1) is 7.11 Å². The van der Waals surface area contributed by atoms with Crippen molar-refractivity contribution in [3.8, 4) is 11.5 Å². The van der Waals surface area contributed by atoms with Gasteiger partial charge in [-0.1, -0.05) is 42.5 Å².